The van der Waals surface area contributed by atoms with Crippen molar-refractivity contribution in [2.75, 3.05) is 13.9 Å². The number of methoxy groups -OCH3 is 1. The van der Waals surface area contributed by atoms with Crippen molar-refractivity contribution in [2.45, 2.75) is 0 Å². The Morgan fingerprint density at radius 3 is 2.35 bits per heavy atom. The van der Waals surface area contributed by atoms with Crippen LogP contribution in [0.4, 0.5) is 8.78 Å². The van der Waals surface area contributed by atoms with Crippen LogP contribution in [0, 0.1) is 11.6 Å². The Morgan fingerprint density at radius 1 is 0.950 bits per heavy atom. The average molecular weight is 276 g/mol. The molecule has 0 saturated carbocycles. The number of ether oxygens (including phenoxy) is 2. The van der Waals surface area contributed by atoms with Crippen molar-refractivity contribution in [3.63, 3.8) is 0 Å². The summed E-state index contributed by atoms with van der Waals surface area (Å²) < 4.78 is 36.2. The number of hydrogen-bond acceptors (Lipinski definition) is 2. The van der Waals surface area contributed by atoms with Crippen LogP contribution < -0.4 is 4.74 Å². The quantitative estimate of drug-likeness (QED) is 0.604. The van der Waals surface area contributed by atoms with Crippen LogP contribution in [0.1, 0.15) is 11.1 Å². The van der Waals surface area contributed by atoms with Gasteiger partial charge in [0, 0.05) is 13.2 Å². The molecule has 0 unspecified atom stereocenters. The molecule has 4 heteroatoms. The van der Waals surface area contributed by atoms with Crippen LogP contribution in [0.5, 0.6) is 5.75 Å². The third-order valence-electron chi connectivity index (χ3n) is 2.55. The van der Waals surface area contributed by atoms with Gasteiger partial charge in [0.25, 0.3) is 0 Å². The number of hydrogen-bond donors (Lipinski definition) is 0. The van der Waals surface area contributed by atoms with Gasteiger partial charge in [0.05, 0.1) is 0 Å². The minimum Gasteiger partial charge on any atom is -0.468 e. The summed E-state index contributed by atoms with van der Waals surface area (Å²) >= 11 is 0. The molecule has 0 radical (unpaired) electrons. The fourth-order valence-electron chi connectivity index (χ4n) is 1.70. The lowest BCUT2D eigenvalue weighted by Crippen LogP contribution is -1.98. The van der Waals surface area contributed by atoms with Crippen LogP contribution in [0.3, 0.4) is 0 Å². The highest BCUT2D eigenvalue weighted by atomic mass is 19.1. The number of rotatable bonds is 5. The Balaban J connectivity index is 2.14. The van der Waals surface area contributed by atoms with Gasteiger partial charge in [-0.15, -0.1) is 0 Å². The van der Waals surface area contributed by atoms with Gasteiger partial charge in [-0.25, -0.2) is 8.78 Å². The molecule has 0 spiro atoms. The smallest absolute Gasteiger partial charge is 0.188 e. The van der Waals surface area contributed by atoms with E-state index in [1.807, 2.05) is 18.2 Å². The molecule has 0 saturated heterocycles. The predicted molar refractivity (Wildman–Crippen MR) is 74.2 cm³/mol. The highest BCUT2D eigenvalue weighted by Gasteiger charge is 1.98. The van der Waals surface area contributed by atoms with E-state index in [2.05, 4.69) is 0 Å². The van der Waals surface area contributed by atoms with E-state index in [9.17, 15) is 8.78 Å². The lowest BCUT2D eigenvalue weighted by Gasteiger charge is -2.04. The molecule has 0 amide bonds. The molecule has 0 aliphatic heterocycles. The van der Waals surface area contributed by atoms with Gasteiger partial charge in [-0.1, -0.05) is 24.3 Å². The maximum absolute atomic E-state index is 13.0. The molecule has 0 aromatic heterocycles. The van der Waals surface area contributed by atoms with E-state index in [0.29, 0.717) is 11.3 Å². The summed E-state index contributed by atoms with van der Waals surface area (Å²) in [5.74, 6) is -0.525. The fourth-order valence-corrected chi connectivity index (χ4v) is 1.70. The summed E-state index contributed by atoms with van der Waals surface area (Å²) in [5, 5.41) is 0. The van der Waals surface area contributed by atoms with Crippen molar-refractivity contribution in [1.82, 2.24) is 0 Å². The normalized spacial score (nSPS) is 10.9. The molecule has 2 aromatic rings. The van der Waals surface area contributed by atoms with Gasteiger partial charge < -0.3 is 9.47 Å². The Bertz CT molecular complexity index is 589. The summed E-state index contributed by atoms with van der Waals surface area (Å²) in [5.41, 5.74) is 1.33. The van der Waals surface area contributed by atoms with E-state index in [-0.39, 0.29) is 6.79 Å². The van der Waals surface area contributed by atoms with Crippen molar-refractivity contribution in [2.24, 2.45) is 0 Å². The maximum atomic E-state index is 13.0. The molecule has 0 fully saturated rings. The molecular weight excluding hydrogens is 262 g/mol. The molecule has 0 heterocycles. The third kappa shape index (κ3) is 4.17. The monoisotopic (exact) mass is 276 g/mol. The van der Waals surface area contributed by atoms with Gasteiger partial charge in [-0.3, -0.25) is 0 Å². The van der Waals surface area contributed by atoms with Gasteiger partial charge in [0.1, 0.15) is 17.4 Å². The van der Waals surface area contributed by atoms with E-state index in [0.717, 1.165) is 11.6 Å². The highest BCUT2D eigenvalue weighted by Crippen LogP contribution is 2.16. The molecule has 0 aliphatic rings. The second-order valence-corrected chi connectivity index (χ2v) is 4.16. The number of benzene rings is 2. The molecule has 2 aromatic carbocycles. The largest absolute Gasteiger partial charge is 0.468 e. The van der Waals surface area contributed by atoms with Crippen molar-refractivity contribution in [1.29, 1.82) is 0 Å². The van der Waals surface area contributed by atoms with E-state index < -0.39 is 11.6 Å². The maximum Gasteiger partial charge on any atom is 0.188 e. The summed E-state index contributed by atoms with van der Waals surface area (Å²) in [7, 11) is 1.54. The average Bonchev–Trinajstić information content (AvgIpc) is 2.42. The molecule has 2 nitrogen and oxygen atoms in total. The van der Waals surface area contributed by atoms with E-state index >= 15 is 0 Å². The summed E-state index contributed by atoms with van der Waals surface area (Å²) in [4.78, 5) is 0. The molecule has 0 bridgehead atoms. The summed E-state index contributed by atoms with van der Waals surface area (Å²) in [6, 6.07) is 10.7. The molecule has 20 heavy (non-hydrogen) atoms. The Hall–Kier alpha value is -2.20. The van der Waals surface area contributed by atoms with Crippen molar-refractivity contribution in [3.8, 4) is 5.75 Å². The third-order valence-corrected chi connectivity index (χ3v) is 2.55. The SMILES string of the molecule is COCOc1cccc(/C=C/c2cc(F)cc(F)c2)c1. The molecule has 0 atom stereocenters. The van der Waals surface area contributed by atoms with Gasteiger partial charge in [-0.2, -0.15) is 0 Å². The lowest BCUT2D eigenvalue weighted by molar-refractivity contribution is 0.0511. The van der Waals surface area contributed by atoms with Gasteiger partial charge in [0.2, 0.25) is 0 Å². The summed E-state index contributed by atoms with van der Waals surface area (Å²) in [6.07, 6.45) is 3.40. The topological polar surface area (TPSA) is 18.5 Å². The number of halogens is 2. The van der Waals surface area contributed by atoms with Crippen LogP contribution >= 0.6 is 0 Å². The van der Waals surface area contributed by atoms with Gasteiger partial charge in [0.15, 0.2) is 6.79 Å². The van der Waals surface area contributed by atoms with Crippen molar-refractivity contribution in [3.05, 3.63) is 65.2 Å². The molecule has 2 rings (SSSR count). The van der Waals surface area contributed by atoms with Crippen LogP contribution in [0.25, 0.3) is 12.2 Å². The predicted octanol–water partition coefficient (Wildman–Crippen LogP) is 4.12. The van der Waals surface area contributed by atoms with Gasteiger partial charge in [-0.05, 0) is 35.4 Å². The first-order valence-electron chi connectivity index (χ1n) is 6.03. The fraction of sp³-hybridized carbons (Fsp3) is 0.125. The molecular formula is C16H14F2O2. The minimum atomic E-state index is -0.596. The van der Waals surface area contributed by atoms with Crippen molar-refractivity contribution < 1.29 is 18.3 Å². The lowest BCUT2D eigenvalue weighted by atomic mass is 10.1. The molecule has 0 aliphatic carbocycles. The Kier molecular flexibility index (Phi) is 4.85. The van der Waals surface area contributed by atoms with Crippen LogP contribution in [-0.2, 0) is 4.74 Å². The first-order chi connectivity index (χ1) is 9.67. The van der Waals surface area contributed by atoms with E-state index in [4.69, 9.17) is 9.47 Å². The summed E-state index contributed by atoms with van der Waals surface area (Å²) in [6.45, 7) is 0.169. The van der Waals surface area contributed by atoms with Crippen molar-refractivity contribution >= 4 is 12.2 Å². The second kappa shape index (κ2) is 6.82. The zero-order valence-electron chi connectivity index (χ0n) is 11.0. The van der Waals surface area contributed by atoms with Crippen LogP contribution in [0.15, 0.2) is 42.5 Å². The zero-order valence-corrected chi connectivity index (χ0v) is 11.0. The second-order valence-electron chi connectivity index (χ2n) is 4.16. The molecule has 104 valence electrons. The van der Waals surface area contributed by atoms with Crippen LogP contribution in [-0.4, -0.2) is 13.9 Å². The van der Waals surface area contributed by atoms with Gasteiger partial charge >= 0.3 is 0 Å². The highest BCUT2D eigenvalue weighted by molar-refractivity contribution is 5.70. The standard InChI is InChI=1S/C16H14F2O2/c1-19-11-20-16-4-2-3-12(9-16)5-6-13-7-14(17)10-15(18)8-13/h2-10H,11H2,1H3/b6-5+. The Labute approximate surface area is 116 Å². The zero-order chi connectivity index (χ0) is 14.4. The van der Waals surface area contributed by atoms with E-state index in [1.54, 1.807) is 25.3 Å². The first-order valence-corrected chi connectivity index (χ1v) is 6.03. The molecule has 0 N–H and O–H groups in total. The van der Waals surface area contributed by atoms with Crippen LogP contribution in [0.2, 0.25) is 0 Å². The Morgan fingerprint density at radius 2 is 1.65 bits per heavy atom. The first kappa shape index (κ1) is 14.2. The minimum absolute atomic E-state index is 0.169. The van der Waals surface area contributed by atoms with E-state index in [1.165, 1.54) is 12.1 Å².